The Morgan fingerprint density at radius 1 is 1.00 bits per heavy atom. The number of sulfonamides is 1. The summed E-state index contributed by atoms with van der Waals surface area (Å²) in [5.74, 6) is -0.582. The van der Waals surface area contributed by atoms with Crippen molar-refractivity contribution in [2.75, 3.05) is 18.1 Å². The van der Waals surface area contributed by atoms with Crippen molar-refractivity contribution in [3.8, 4) is 0 Å². The Hall–Kier alpha value is -3.65. The predicted octanol–water partition coefficient (Wildman–Crippen LogP) is 4.18. The molecule has 8 heteroatoms. The van der Waals surface area contributed by atoms with Crippen LogP contribution in [0.3, 0.4) is 0 Å². The van der Waals surface area contributed by atoms with E-state index in [1.807, 2.05) is 41.1 Å². The van der Waals surface area contributed by atoms with Crippen molar-refractivity contribution >= 4 is 27.5 Å². The largest absolute Gasteiger partial charge is 0.377 e. The Morgan fingerprint density at radius 3 is 2.47 bits per heavy atom. The number of hydrogen-bond donors (Lipinski definition) is 3. The Kier molecular flexibility index (Phi) is 6.77. The molecule has 0 saturated carbocycles. The monoisotopic (exact) mass is 531 g/mol. The minimum absolute atomic E-state index is 0.0114. The molecule has 0 radical (unpaired) electrons. The van der Waals surface area contributed by atoms with E-state index in [0.717, 1.165) is 35.1 Å². The number of anilines is 1. The number of fused-ring (bicyclic) bond motifs is 1. The molecule has 3 aromatic carbocycles. The summed E-state index contributed by atoms with van der Waals surface area (Å²) in [6.45, 7) is 5.01. The highest BCUT2D eigenvalue weighted by Gasteiger charge is 2.39. The van der Waals surface area contributed by atoms with Gasteiger partial charge in [-0.3, -0.25) is 9.59 Å². The van der Waals surface area contributed by atoms with Gasteiger partial charge in [-0.2, -0.15) is 0 Å². The predicted molar refractivity (Wildman–Crippen MR) is 148 cm³/mol. The van der Waals surface area contributed by atoms with Gasteiger partial charge in [0.05, 0.1) is 18.2 Å². The van der Waals surface area contributed by atoms with Crippen molar-refractivity contribution in [1.29, 1.82) is 0 Å². The van der Waals surface area contributed by atoms with E-state index in [9.17, 15) is 18.0 Å². The second-order valence-electron chi connectivity index (χ2n) is 11.2. The number of rotatable bonds is 6. The van der Waals surface area contributed by atoms with E-state index in [-0.39, 0.29) is 29.2 Å². The molecule has 1 fully saturated rings. The molecule has 5 rings (SSSR count). The number of carbonyl (C=O) groups excluding carboxylic acids is 2. The summed E-state index contributed by atoms with van der Waals surface area (Å²) < 4.78 is 25.0. The highest BCUT2D eigenvalue weighted by molar-refractivity contribution is 7.89. The second-order valence-corrected chi connectivity index (χ2v) is 12.9. The third kappa shape index (κ3) is 5.45. The van der Waals surface area contributed by atoms with Crippen LogP contribution in [0.4, 0.5) is 5.69 Å². The Bertz CT molecular complexity index is 1480. The summed E-state index contributed by atoms with van der Waals surface area (Å²) in [6.07, 6.45) is 2.50. The first-order valence-electron chi connectivity index (χ1n) is 12.8. The minimum atomic E-state index is -3.64. The fourth-order valence-corrected chi connectivity index (χ4v) is 6.32. The lowest BCUT2D eigenvalue weighted by atomic mass is 9.72. The molecule has 1 saturated heterocycles. The Labute approximate surface area is 224 Å². The first kappa shape index (κ1) is 26.0. The fourth-order valence-electron chi connectivity index (χ4n) is 5.86. The molecule has 2 amide bonds. The number of nitrogens with one attached hydrogen (secondary N) is 3. The maximum Gasteiger partial charge on any atom is 0.264 e. The number of carbonyl (C=O) groups is 2. The molecule has 198 valence electrons. The zero-order valence-corrected chi connectivity index (χ0v) is 22.6. The van der Waals surface area contributed by atoms with E-state index < -0.39 is 15.9 Å². The lowest BCUT2D eigenvalue weighted by Gasteiger charge is -2.41. The normalized spacial score (nSPS) is 22.2. The molecule has 3 N–H and O–H groups in total. The molecule has 0 bridgehead atoms. The quantitative estimate of drug-likeness (QED) is 0.443. The molecule has 2 aliphatic rings. The molecular weight excluding hydrogens is 498 g/mol. The summed E-state index contributed by atoms with van der Waals surface area (Å²) in [5, 5.41) is 6.72. The van der Waals surface area contributed by atoms with Crippen molar-refractivity contribution in [3.63, 3.8) is 0 Å². The van der Waals surface area contributed by atoms with Crippen molar-refractivity contribution < 1.29 is 18.0 Å². The van der Waals surface area contributed by atoms with Crippen LogP contribution in [0.5, 0.6) is 0 Å². The van der Waals surface area contributed by atoms with E-state index in [1.54, 1.807) is 12.1 Å². The van der Waals surface area contributed by atoms with Gasteiger partial charge in [-0.25, -0.2) is 13.1 Å². The van der Waals surface area contributed by atoms with Crippen molar-refractivity contribution in [3.05, 3.63) is 101 Å². The highest BCUT2D eigenvalue weighted by Crippen LogP contribution is 2.46. The van der Waals surface area contributed by atoms with Crippen LogP contribution in [-0.2, 0) is 27.7 Å². The van der Waals surface area contributed by atoms with Crippen LogP contribution in [0.1, 0.15) is 58.4 Å². The second kappa shape index (κ2) is 9.91. The van der Waals surface area contributed by atoms with E-state index in [0.29, 0.717) is 18.5 Å². The van der Waals surface area contributed by atoms with E-state index >= 15 is 0 Å². The summed E-state index contributed by atoms with van der Waals surface area (Å²) >= 11 is 0. The third-order valence-corrected chi connectivity index (χ3v) is 8.17. The standard InChI is InChI=1S/C30H33N3O4S/c1-30(2)17-23-16-22(28(34)33-38(3,36)37)12-13-25(23)32-27(30)21-11-7-10-20(15-21)26-24(18-31-29(26)35)14-19-8-5-4-6-9-19/h4-13,15-16,24,26-27,32H,14,17-18H2,1-3H3,(H,31,35)(H,33,34)/t24?,26-,27?/m0/s1. The van der Waals surface area contributed by atoms with Crippen LogP contribution in [0.25, 0.3) is 0 Å². The van der Waals surface area contributed by atoms with E-state index in [1.165, 1.54) is 5.56 Å². The summed E-state index contributed by atoms with van der Waals surface area (Å²) in [6, 6.07) is 23.8. The Morgan fingerprint density at radius 2 is 1.74 bits per heavy atom. The molecule has 7 nitrogen and oxygen atoms in total. The minimum Gasteiger partial charge on any atom is -0.377 e. The van der Waals surface area contributed by atoms with Gasteiger partial charge in [-0.15, -0.1) is 0 Å². The number of benzene rings is 3. The molecular formula is C30H33N3O4S. The van der Waals surface area contributed by atoms with Gasteiger partial charge in [0.1, 0.15) is 0 Å². The van der Waals surface area contributed by atoms with Gasteiger partial charge in [-0.05, 0) is 64.6 Å². The molecule has 2 aliphatic heterocycles. The Balaban J connectivity index is 1.40. The smallest absolute Gasteiger partial charge is 0.264 e. The van der Waals surface area contributed by atoms with Crippen LogP contribution in [0, 0.1) is 11.3 Å². The zero-order chi connectivity index (χ0) is 27.1. The molecule has 2 unspecified atom stereocenters. The van der Waals surface area contributed by atoms with Crippen LogP contribution in [0.15, 0.2) is 72.8 Å². The average Bonchev–Trinajstić information content (AvgIpc) is 3.22. The van der Waals surface area contributed by atoms with Crippen molar-refractivity contribution in [1.82, 2.24) is 10.0 Å². The van der Waals surface area contributed by atoms with Gasteiger partial charge >= 0.3 is 0 Å². The van der Waals surface area contributed by atoms with Gasteiger partial charge in [0.25, 0.3) is 5.91 Å². The summed E-state index contributed by atoms with van der Waals surface area (Å²) in [4.78, 5) is 25.3. The number of amides is 2. The molecule has 0 aromatic heterocycles. The van der Waals surface area contributed by atoms with Gasteiger partial charge < -0.3 is 10.6 Å². The average molecular weight is 532 g/mol. The van der Waals surface area contributed by atoms with Crippen molar-refractivity contribution in [2.24, 2.45) is 11.3 Å². The maximum absolute atomic E-state index is 12.9. The fraction of sp³-hybridized carbons (Fsp3) is 0.333. The molecule has 0 spiro atoms. The van der Waals surface area contributed by atoms with Crippen LogP contribution in [0.2, 0.25) is 0 Å². The molecule has 2 heterocycles. The lowest BCUT2D eigenvalue weighted by molar-refractivity contribution is -0.120. The first-order chi connectivity index (χ1) is 18.0. The van der Waals surface area contributed by atoms with Gasteiger partial charge in [0.2, 0.25) is 15.9 Å². The summed E-state index contributed by atoms with van der Waals surface area (Å²) in [5.41, 5.74) is 5.33. The third-order valence-electron chi connectivity index (χ3n) is 7.61. The van der Waals surface area contributed by atoms with Crippen LogP contribution in [-0.4, -0.2) is 33.0 Å². The number of hydrogen-bond acceptors (Lipinski definition) is 5. The van der Waals surface area contributed by atoms with E-state index in [2.05, 4.69) is 48.7 Å². The van der Waals surface area contributed by atoms with Gasteiger partial charge in [-0.1, -0.05) is 68.4 Å². The van der Waals surface area contributed by atoms with Gasteiger partial charge in [0.15, 0.2) is 0 Å². The van der Waals surface area contributed by atoms with Crippen molar-refractivity contribution in [2.45, 2.75) is 38.6 Å². The molecule has 0 aliphatic carbocycles. The van der Waals surface area contributed by atoms with Gasteiger partial charge in [0, 0.05) is 17.8 Å². The molecule has 3 atom stereocenters. The SMILES string of the molecule is CC1(C)Cc2cc(C(=O)NS(C)(=O)=O)ccc2NC1c1cccc([C@@H]2C(=O)NCC2Cc2ccccc2)c1. The molecule has 3 aromatic rings. The van der Waals surface area contributed by atoms with E-state index in [4.69, 9.17) is 0 Å². The maximum atomic E-state index is 12.9. The topological polar surface area (TPSA) is 104 Å². The first-order valence-corrected chi connectivity index (χ1v) is 14.7. The molecule has 38 heavy (non-hydrogen) atoms. The summed E-state index contributed by atoms with van der Waals surface area (Å²) in [7, 11) is -3.64. The highest BCUT2D eigenvalue weighted by atomic mass is 32.2. The lowest BCUT2D eigenvalue weighted by Crippen LogP contribution is -2.35. The van der Waals surface area contributed by atoms with Crippen LogP contribution >= 0.6 is 0 Å². The zero-order valence-electron chi connectivity index (χ0n) is 21.8. The van der Waals surface area contributed by atoms with Crippen LogP contribution < -0.4 is 15.4 Å².